The van der Waals surface area contributed by atoms with Crippen molar-refractivity contribution in [3.05, 3.63) is 95.3 Å². The maximum atomic E-state index is 14.1. The van der Waals surface area contributed by atoms with Gasteiger partial charge in [0.05, 0.1) is 24.1 Å². The van der Waals surface area contributed by atoms with E-state index >= 15 is 0 Å². The first-order valence-electron chi connectivity index (χ1n) is 10.6. The van der Waals surface area contributed by atoms with Gasteiger partial charge in [0.15, 0.2) is 5.65 Å². The molecule has 34 heavy (non-hydrogen) atoms. The quantitative estimate of drug-likeness (QED) is 0.372. The zero-order valence-corrected chi connectivity index (χ0v) is 19.0. The molecule has 0 fully saturated rings. The lowest BCUT2D eigenvalue weighted by molar-refractivity contribution is -0.116. The van der Waals surface area contributed by atoms with Gasteiger partial charge < -0.3 is 5.32 Å². The molecule has 0 saturated heterocycles. The predicted octanol–water partition coefficient (Wildman–Crippen LogP) is 5.08. The van der Waals surface area contributed by atoms with Gasteiger partial charge in [-0.1, -0.05) is 48.0 Å². The van der Waals surface area contributed by atoms with Crippen LogP contribution < -0.4 is 5.32 Å². The second kappa shape index (κ2) is 9.07. The molecule has 2 aromatic carbocycles. The summed E-state index contributed by atoms with van der Waals surface area (Å²) in [6.07, 6.45) is 4.85. The van der Waals surface area contributed by atoms with Crippen molar-refractivity contribution in [2.24, 2.45) is 0 Å². The van der Waals surface area contributed by atoms with Gasteiger partial charge >= 0.3 is 0 Å². The highest BCUT2D eigenvalue weighted by atomic mass is 35.5. The number of hydrogen-bond acceptors (Lipinski definition) is 4. The van der Waals surface area contributed by atoms with Gasteiger partial charge in [-0.3, -0.25) is 9.48 Å². The van der Waals surface area contributed by atoms with Crippen LogP contribution in [0.1, 0.15) is 11.3 Å². The lowest BCUT2D eigenvalue weighted by Crippen LogP contribution is -2.19. The zero-order chi connectivity index (χ0) is 23.7. The molecule has 3 heterocycles. The van der Waals surface area contributed by atoms with Gasteiger partial charge in [-0.2, -0.15) is 10.2 Å². The Balaban J connectivity index is 1.33. The summed E-state index contributed by atoms with van der Waals surface area (Å²) in [7, 11) is 0. The minimum absolute atomic E-state index is 0.0140. The van der Waals surface area contributed by atoms with E-state index in [4.69, 9.17) is 11.6 Å². The number of carbonyl (C=O) groups excluding carboxylic acids is 1. The average Bonchev–Trinajstić information content (AvgIpc) is 3.40. The highest BCUT2D eigenvalue weighted by Crippen LogP contribution is 2.29. The van der Waals surface area contributed by atoms with E-state index in [2.05, 4.69) is 20.5 Å². The highest BCUT2D eigenvalue weighted by Gasteiger charge is 2.16. The molecular weight excluding hydrogens is 455 g/mol. The summed E-state index contributed by atoms with van der Waals surface area (Å²) in [5.74, 6) is -0.684. The number of halogens is 2. The van der Waals surface area contributed by atoms with Crippen molar-refractivity contribution in [1.82, 2.24) is 24.5 Å². The number of nitrogens with one attached hydrogen (secondary N) is 1. The second-order valence-corrected chi connectivity index (χ2v) is 8.25. The smallest absolute Gasteiger partial charge is 0.246 e. The van der Waals surface area contributed by atoms with Crippen LogP contribution in [-0.2, 0) is 17.9 Å². The minimum Gasteiger partial charge on any atom is -0.322 e. The second-order valence-electron chi connectivity index (χ2n) is 7.84. The summed E-state index contributed by atoms with van der Waals surface area (Å²) >= 11 is 6.09. The fraction of sp³-hybridized carbons (Fsp3) is 0.120. The van der Waals surface area contributed by atoms with Crippen molar-refractivity contribution in [3.63, 3.8) is 0 Å². The number of nitrogens with zero attached hydrogens (tertiary/aromatic N) is 5. The zero-order valence-electron chi connectivity index (χ0n) is 18.2. The molecule has 170 valence electrons. The monoisotopic (exact) mass is 474 g/mol. The highest BCUT2D eigenvalue weighted by molar-refractivity contribution is 6.31. The number of fused-ring (bicyclic) bond motifs is 1. The fourth-order valence-electron chi connectivity index (χ4n) is 3.95. The van der Waals surface area contributed by atoms with Crippen LogP contribution in [0.15, 0.2) is 73.2 Å². The number of amides is 1. The topological polar surface area (TPSA) is 77.6 Å². The Morgan fingerprint density at radius 2 is 1.94 bits per heavy atom. The fourth-order valence-corrected chi connectivity index (χ4v) is 4.17. The Kier molecular flexibility index (Phi) is 5.81. The first-order chi connectivity index (χ1) is 16.5. The van der Waals surface area contributed by atoms with Crippen LogP contribution in [0, 0.1) is 12.7 Å². The molecule has 0 unspecified atom stereocenters. The van der Waals surface area contributed by atoms with Crippen LogP contribution in [0.25, 0.3) is 22.2 Å². The summed E-state index contributed by atoms with van der Waals surface area (Å²) in [5, 5.41) is 12.8. The van der Waals surface area contributed by atoms with Crippen LogP contribution in [0.5, 0.6) is 0 Å². The lowest BCUT2D eigenvalue weighted by atomic mass is 10.0. The van der Waals surface area contributed by atoms with E-state index in [1.54, 1.807) is 29.2 Å². The number of hydrogen-bond donors (Lipinski definition) is 1. The van der Waals surface area contributed by atoms with E-state index in [1.807, 2.05) is 43.3 Å². The maximum Gasteiger partial charge on any atom is 0.246 e. The van der Waals surface area contributed by atoms with Crippen LogP contribution in [0.3, 0.4) is 0 Å². The van der Waals surface area contributed by atoms with Gasteiger partial charge in [-0.05, 0) is 36.2 Å². The number of anilines is 1. The molecule has 0 radical (unpaired) electrons. The van der Waals surface area contributed by atoms with Crippen molar-refractivity contribution in [2.75, 3.05) is 5.32 Å². The van der Waals surface area contributed by atoms with E-state index in [0.717, 1.165) is 22.2 Å². The minimum atomic E-state index is -0.406. The largest absolute Gasteiger partial charge is 0.322 e. The summed E-state index contributed by atoms with van der Waals surface area (Å²) in [6, 6.07) is 16.5. The number of pyridine rings is 1. The molecule has 0 saturated carbocycles. The Hall–Kier alpha value is -4.04. The molecule has 0 spiro atoms. The molecule has 0 aliphatic carbocycles. The van der Waals surface area contributed by atoms with Crippen molar-refractivity contribution in [3.8, 4) is 11.1 Å². The molecule has 0 atom stereocenters. The Morgan fingerprint density at radius 3 is 2.74 bits per heavy atom. The number of rotatable bonds is 6. The van der Waals surface area contributed by atoms with E-state index in [9.17, 15) is 9.18 Å². The number of aromatic nitrogens is 5. The molecule has 0 bridgehead atoms. The van der Waals surface area contributed by atoms with Crippen molar-refractivity contribution < 1.29 is 9.18 Å². The van der Waals surface area contributed by atoms with Gasteiger partial charge in [0.2, 0.25) is 5.91 Å². The standard InChI is InChI=1S/C25H20ClFN6O/c1-16-24-19(17-6-3-2-4-7-17)10-11-28-25(24)33(31-16)15-23(34)30-18-12-29-32(13-18)14-20-21(26)8-5-9-22(20)27/h2-13H,14-15H2,1H3,(H,30,34). The normalized spacial score (nSPS) is 11.1. The van der Waals surface area contributed by atoms with Crippen molar-refractivity contribution in [1.29, 1.82) is 0 Å². The maximum absolute atomic E-state index is 14.1. The van der Waals surface area contributed by atoms with Crippen molar-refractivity contribution >= 4 is 34.2 Å². The predicted molar refractivity (Wildman–Crippen MR) is 129 cm³/mol. The Morgan fingerprint density at radius 1 is 1.12 bits per heavy atom. The van der Waals surface area contributed by atoms with Crippen LogP contribution in [-0.4, -0.2) is 30.5 Å². The third-order valence-electron chi connectivity index (χ3n) is 5.48. The Bertz CT molecular complexity index is 1470. The van der Waals surface area contributed by atoms with Gasteiger partial charge in [0.1, 0.15) is 12.4 Å². The lowest BCUT2D eigenvalue weighted by Gasteiger charge is -2.06. The van der Waals surface area contributed by atoms with Gasteiger partial charge in [-0.25, -0.2) is 14.1 Å². The molecule has 3 aromatic heterocycles. The molecule has 0 aliphatic rings. The average molecular weight is 475 g/mol. The van der Waals surface area contributed by atoms with Crippen molar-refractivity contribution in [2.45, 2.75) is 20.0 Å². The van der Waals surface area contributed by atoms with Gasteiger partial charge in [0, 0.05) is 28.4 Å². The van der Waals surface area contributed by atoms with E-state index in [-0.39, 0.29) is 19.0 Å². The van der Waals surface area contributed by atoms with E-state index in [0.29, 0.717) is 21.9 Å². The SMILES string of the molecule is Cc1nn(CC(=O)Nc2cnn(Cc3c(F)cccc3Cl)c2)c2nccc(-c3ccccc3)c12. The van der Waals surface area contributed by atoms with E-state index < -0.39 is 5.82 Å². The van der Waals surface area contributed by atoms with E-state index in [1.165, 1.54) is 16.9 Å². The third kappa shape index (κ3) is 4.27. The van der Waals surface area contributed by atoms with Crippen LogP contribution in [0.4, 0.5) is 10.1 Å². The number of carbonyl (C=O) groups is 1. The van der Waals surface area contributed by atoms with Crippen LogP contribution >= 0.6 is 11.6 Å². The Labute approximate surface area is 199 Å². The summed E-state index contributed by atoms with van der Waals surface area (Å²) in [5.41, 5.74) is 4.34. The number of benzene rings is 2. The summed E-state index contributed by atoms with van der Waals surface area (Å²) < 4.78 is 17.2. The first-order valence-corrected chi connectivity index (χ1v) is 11.0. The molecule has 9 heteroatoms. The molecule has 5 rings (SSSR count). The number of aryl methyl sites for hydroxylation is 1. The van der Waals surface area contributed by atoms with Gasteiger partial charge in [-0.15, -0.1) is 0 Å². The molecular formula is C25H20ClFN6O. The summed E-state index contributed by atoms with van der Waals surface area (Å²) in [6.45, 7) is 2.04. The molecule has 1 amide bonds. The first kappa shape index (κ1) is 21.8. The molecule has 1 N–H and O–H groups in total. The summed E-state index contributed by atoms with van der Waals surface area (Å²) in [4.78, 5) is 17.2. The van der Waals surface area contributed by atoms with Crippen LogP contribution in [0.2, 0.25) is 5.02 Å². The molecule has 7 nitrogen and oxygen atoms in total. The molecule has 5 aromatic rings. The third-order valence-corrected chi connectivity index (χ3v) is 5.84. The molecule has 0 aliphatic heterocycles. The van der Waals surface area contributed by atoms with Gasteiger partial charge in [0.25, 0.3) is 0 Å².